The molecule has 88 valence electrons. The van der Waals surface area contributed by atoms with Crippen LogP contribution in [0.15, 0.2) is 36.4 Å². The quantitative estimate of drug-likeness (QED) is 0.755. The topological polar surface area (TPSA) is 44.5 Å². The molecule has 2 N–H and O–H groups in total. The van der Waals surface area contributed by atoms with Crippen LogP contribution in [0.1, 0.15) is 13.8 Å². The molecular weight excluding hydrogens is 214 g/mol. The molecule has 2 aromatic rings. The Hall–Kier alpha value is -1.74. The zero-order valence-corrected chi connectivity index (χ0v) is 9.94. The van der Waals surface area contributed by atoms with Crippen molar-refractivity contribution in [3.8, 4) is 11.5 Å². The van der Waals surface area contributed by atoms with E-state index in [0.29, 0.717) is 0 Å². The van der Waals surface area contributed by atoms with E-state index in [1.807, 2.05) is 50.2 Å². The van der Waals surface area contributed by atoms with Crippen molar-refractivity contribution in [1.82, 2.24) is 0 Å². The van der Waals surface area contributed by atoms with Crippen molar-refractivity contribution in [2.24, 2.45) is 5.73 Å². The second-order valence-electron chi connectivity index (χ2n) is 4.66. The lowest BCUT2D eigenvalue weighted by molar-refractivity contribution is -0.0400. The third-order valence-electron chi connectivity index (χ3n) is 3.28. The summed E-state index contributed by atoms with van der Waals surface area (Å²) in [5.74, 6) is 1.50. The van der Waals surface area contributed by atoms with Gasteiger partial charge in [-0.3, -0.25) is 5.73 Å². The van der Waals surface area contributed by atoms with Crippen molar-refractivity contribution in [2.75, 3.05) is 0 Å². The second-order valence-corrected chi connectivity index (χ2v) is 4.66. The summed E-state index contributed by atoms with van der Waals surface area (Å²) in [5, 5.41) is 2.16. The third kappa shape index (κ3) is 1.54. The van der Waals surface area contributed by atoms with Gasteiger partial charge in [0.25, 0.3) is 0 Å². The second kappa shape index (κ2) is 3.37. The Morgan fingerprint density at radius 2 is 1.94 bits per heavy atom. The van der Waals surface area contributed by atoms with Gasteiger partial charge in [-0.2, -0.15) is 0 Å². The normalized spacial score (nSPS) is 27.1. The highest BCUT2D eigenvalue weighted by Crippen LogP contribution is 2.41. The molecule has 1 aliphatic heterocycles. The Bertz CT molecular complexity index is 577. The molecule has 17 heavy (non-hydrogen) atoms. The largest absolute Gasteiger partial charge is 0.481 e. The molecule has 3 heteroatoms. The van der Waals surface area contributed by atoms with Crippen LogP contribution in [0.3, 0.4) is 0 Å². The lowest BCUT2D eigenvalue weighted by atomic mass is 10.1. The number of ether oxygens (including phenoxy) is 2. The Kier molecular flexibility index (Phi) is 2.07. The van der Waals surface area contributed by atoms with Crippen LogP contribution >= 0.6 is 0 Å². The molecule has 0 bridgehead atoms. The molecule has 3 rings (SSSR count). The van der Waals surface area contributed by atoms with Crippen molar-refractivity contribution in [3.63, 3.8) is 0 Å². The minimum Gasteiger partial charge on any atom is -0.481 e. The zero-order valence-electron chi connectivity index (χ0n) is 9.94. The summed E-state index contributed by atoms with van der Waals surface area (Å²) in [7, 11) is 0. The van der Waals surface area contributed by atoms with Crippen LogP contribution in [0.4, 0.5) is 0 Å². The highest BCUT2D eigenvalue weighted by Gasteiger charge is 2.36. The van der Waals surface area contributed by atoms with Gasteiger partial charge < -0.3 is 9.47 Å². The van der Waals surface area contributed by atoms with Gasteiger partial charge in [-0.05, 0) is 25.3 Å². The van der Waals surface area contributed by atoms with Crippen LogP contribution in [0.5, 0.6) is 11.5 Å². The molecule has 0 saturated carbocycles. The predicted octanol–water partition coefficient (Wildman–Crippen LogP) is 2.67. The number of hydrogen-bond acceptors (Lipinski definition) is 3. The van der Waals surface area contributed by atoms with E-state index in [-0.39, 0.29) is 6.10 Å². The SMILES string of the molecule is CC1Oc2ccc3ccccc3c2OC1(C)N. The van der Waals surface area contributed by atoms with E-state index in [1.54, 1.807) is 0 Å². The first-order valence-corrected chi connectivity index (χ1v) is 5.74. The van der Waals surface area contributed by atoms with Gasteiger partial charge in [0, 0.05) is 5.39 Å². The summed E-state index contributed by atoms with van der Waals surface area (Å²) in [5.41, 5.74) is 5.29. The molecule has 0 radical (unpaired) electrons. The van der Waals surface area contributed by atoms with Crippen LogP contribution in [-0.4, -0.2) is 11.8 Å². The highest BCUT2D eigenvalue weighted by molar-refractivity contribution is 5.91. The van der Waals surface area contributed by atoms with Crippen molar-refractivity contribution in [1.29, 1.82) is 0 Å². The molecule has 0 fully saturated rings. The number of rotatable bonds is 0. The molecule has 0 saturated heterocycles. The maximum absolute atomic E-state index is 6.08. The Labute approximate surface area is 100 Å². The Balaban J connectivity index is 2.24. The molecule has 2 aromatic carbocycles. The molecule has 1 aliphatic rings. The monoisotopic (exact) mass is 229 g/mol. The molecule has 1 heterocycles. The Morgan fingerprint density at radius 1 is 1.18 bits per heavy atom. The van der Waals surface area contributed by atoms with E-state index in [9.17, 15) is 0 Å². The van der Waals surface area contributed by atoms with E-state index >= 15 is 0 Å². The molecule has 2 atom stereocenters. The molecule has 3 nitrogen and oxygen atoms in total. The fourth-order valence-corrected chi connectivity index (χ4v) is 2.03. The fourth-order valence-electron chi connectivity index (χ4n) is 2.03. The summed E-state index contributed by atoms with van der Waals surface area (Å²) in [4.78, 5) is 0. The first-order chi connectivity index (χ1) is 8.08. The first kappa shape index (κ1) is 10.4. The van der Waals surface area contributed by atoms with Crippen LogP contribution in [0.25, 0.3) is 10.8 Å². The van der Waals surface area contributed by atoms with Crippen LogP contribution < -0.4 is 15.2 Å². The van der Waals surface area contributed by atoms with Crippen molar-refractivity contribution in [2.45, 2.75) is 25.7 Å². The van der Waals surface area contributed by atoms with E-state index in [1.165, 1.54) is 0 Å². The van der Waals surface area contributed by atoms with Crippen LogP contribution in [0, 0.1) is 0 Å². The molecule has 2 unspecified atom stereocenters. The van der Waals surface area contributed by atoms with Gasteiger partial charge in [0.15, 0.2) is 17.2 Å². The lowest BCUT2D eigenvalue weighted by Crippen LogP contribution is -2.56. The van der Waals surface area contributed by atoms with E-state index in [2.05, 4.69) is 0 Å². The lowest BCUT2D eigenvalue weighted by Gasteiger charge is -2.38. The maximum atomic E-state index is 6.08. The smallest absolute Gasteiger partial charge is 0.192 e. The first-order valence-electron chi connectivity index (χ1n) is 5.74. The van der Waals surface area contributed by atoms with Gasteiger partial charge >= 0.3 is 0 Å². The third-order valence-corrected chi connectivity index (χ3v) is 3.28. The summed E-state index contributed by atoms with van der Waals surface area (Å²) in [6, 6.07) is 12.0. The summed E-state index contributed by atoms with van der Waals surface area (Å²) in [6.07, 6.45) is -0.170. The molecule has 0 spiro atoms. The van der Waals surface area contributed by atoms with Gasteiger partial charge in [-0.25, -0.2) is 0 Å². The van der Waals surface area contributed by atoms with Gasteiger partial charge in [-0.1, -0.05) is 30.3 Å². The number of fused-ring (bicyclic) bond motifs is 3. The van der Waals surface area contributed by atoms with Crippen LogP contribution in [-0.2, 0) is 0 Å². The predicted molar refractivity (Wildman–Crippen MR) is 67.3 cm³/mol. The molecule has 0 aromatic heterocycles. The van der Waals surface area contributed by atoms with Crippen molar-refractivity contribution >= 4 is 10.8 Å². The number of hydrogen-bond donors (Lipinski definition) is 1. The maximum Gasteiger partial charge on any atom is 0.192 e. The Morgan fingerprint density at radius 3 is 2.76 bits per heavy atom. The standard InChI is InChI=1S/C14H15NO2/c1-9-14(2,15)17-13-11-6-4-3-5-10(11)7-8-12(13)16-9/h3-9H,15H2,1-2H3. The summed E-state index contributed by atoms with van der Waals surface area (Å²) < 4.78 is 11.7. The molecular formula is C14H15NO2. The van der Waals surface area contributed by atoms with E-state index in [0.717, 1.165) is 22.3 Å². The molecule has 0 aliphatic carbocycles. The summed E-state index contributed by atoms with van der Waals surface area (Å²) >= 11 is 0. The van der Waals surface area contributed by atoms with Gasteiger partial charge in [0.05, 0.1) is 0 Å². The number of benzene rings is 2. The van der Waals surface area contributed by atoms with Crippen molar-refractivity contribution < 1.29 is 9.47 Å². The summed E-state index contributed by atoms with van der Waals surface area (Å²) in [6.45, 7) is 3.75. The molecule has 0 amide bonds. The average Bonchev–Trinajstić information content (AvgIpc) is 2.31. The zero-order chi connectivity index (χ0) is 12.0. The van der Waals surface area contributed by atoms with Gasteiger partial charge in [0.2, 0.25) is 0 Å². The van der Waals surface area contributed by atoms with Gasteiger partial charge in [-0.15, -0.1) is 0 Å². The minimum absolute atomic E-state index is 0.170. The average molecular weight is 229 g/mol. The number of nitrogens with two attached hydrogens (primary N) is 1. The fraction of sp³-hybridized carbons (Fsp3) is 0.286. The van der Waals surface area contributed by atoms with E-state index < -0.39 is 5.72 Å². The van der Waals surface area contributed by atoms with E-state index in [4.69, 9.17) is 15.2 Å². The minimum atomic E-state index is -0.795. The van der Waals surface area contributed by atoms with Crippen LogP contribution in [0.2, 0.25) is 0 Å². The van der Waals surface area contributed by atoms with Crippen molar-refractivity contribution in [3.05, 3.63) is 36.4 Å². The van der Waals surface area contributed by atoms with Gasteiger partial charge in [0.1, 0.15) is 6.10 Å². The highest BCUT2D eigenvalue weighted by atomic mass is 16.6.